The number of nitrogens with zero attached hydrogens (tertiary/aromatic N) is 3. The van der Waals surface area contributed by atoms with Gasteiger partial charge in [-0.05, 0) is 69.0 Å². The molecular weight excluding hydrogens is 406 g/mol. The number of rotatable bonds is 6. The maximum absolute atomic E-state index is 13.6. The summed E-state index contributed by atoms with van der Waals surface area (Å²) < 4.78 is 7.54. The Balaban J connectivity index is 1.62. The highest BCUT2D eigenvalue weighted by Crippen LogP contribution is 2.39. The number of hydrogen-bond acceptors (Lipinski definition) is 4. The van der Waals surface area contributed by atoms with Crippen molar-refractivity contribution in [3.63, 3.8) is 0 Å². The van der Waals surface area contributed by atoms with Crippen molar-refractivity contribution >= 4 is 28.9 Å². The Morgan fingerprint density at radius 1 is 1.10 bits per heavy atom. The van der Waals surface area contributed by atoms with Crippen LogP contribution in [0.1, 0.15) is 81.2 Å². The molecule has 0 unspecified atom stereocenters. The average Bonchev–Trinajstić information content (AvgIpc) is 3.23. The van der Waals surface area contributed by atoms with Gasteiger partial charge in [0.15, 0.2) is 5.17 Å². The molecule has 2 saturated carbocycles. The van der Waals surface area contributed by atoms with Gasteiger partial charge < -0.3 is 9.30 Å². The van der Waals surface area contributed by atoms with Crippen LogP contribution in [0.25, 0.3) is 6.08 Å². The lowest BCUT2D eigenvalue weighted by Crippen LogP contribution is -2.41. The Kier molecular flexibility index (Phi) is 7.59. The molecule has 4 rings (SSSR count). The first-order chi connectivity index (χ1) is 15.1. The molecule has 0 radical (unpaired) electrons. The smallest absolute Gasteiger partial charge is 0.267 e. The first kappa shape index (κ1) is 22.7. The third-order valence-electron chi connectivity index (χ3n) is 7.06. The first-order valence-electron chi connectivity index (χ1n) is 12.0. The number of aromatic nitrogens is 1. The fraction of sp³-hybridized carbons (Fsp3) is 0.680. The average molecular weight is 444 g/mol. The van der Waals surface area contributed by atoms with Gasteiger partial charge in [0.1, 0.15) is 0 Å². The van der Waals surface area contributed by atoms with Crippen LogP contribution in [0.3, 0.4) is 0 Å². The van der Waals surface area contributed by atoms with Gasteiger partial charge in [0.25, 0.3) is 5.91 Å². The topological polar surface area (TPSA) is 46.8 Å². The maximum atomic E-state index is 13.6. The zero-order valence-corrected chi connectivity index (χ0v) is 20.2. The van der Waals surface area contributed by atoms with Gasteiger partial charge in [0.05, 0.1) is 17.6 Å². The Hall–Kier alpha value is -1.53. The Morgan fingerprint density at radius 2 is 1.77 bits per heavy atom. The second kappa shape index (κ2) is 10.4. The third-order valence-corrected chi connectivity index (χ3v) is 8.06. The monoisotopic (exact) mass is 443 g/mol. The highest BCUT2D eigenvalue weighted by Gasteiger charge is 2.39. The summed E-state index contributed by atoms with van der Waals surface area (Å²) in [5.41, 5.74) is 3.53. The summed E-state index contributed by atoms with van der Waals surface area (Å²) in [6.07, 6.45) is 14.2. The molecule has 5 nitrogen and oxygen atoms in total. The van der Waals surface area contributed by atoms with Crippen molar-refractivity contribution < 1.29 is 9.53 Å². The van der Waals surface area contributed by atoms with Crippen LogP contribution in [0.2, 0.25) is 0 Å². The van der Waals surface area contributed by atoms with Crippen molar-refractivity contribution in [3.8, 4) is 0 Å². The Labute approximate surface area is 191 Å². The van der Waals surface area contributed by atoms with Crippen LogP contribution in [0.4, 0.5) is 0 Å². The second-order valence-electron chi connectivity index (χ2n) is 9.25. The highest BCUT2D eigenvalue weighted by molar-refractivity contribution is 8.18. The molecule has 3 aliphatic rings. The van der Waals surface area contributed by atoms with Crippen LogP contribution >= 0.6 is 11.8 Å². The van der Waals surface area contributed by atoms with Gasteiger partial charge in [-0.1, -0.05) is 38.5 Å². The zero-order valence-electron chi connectivity index (χ0n) is 19.4. The zero-order chi connectivity index (χ0) is 21.8. The number of aryl methyl sites for hydroxylation is 1. The minimum Gasteiger partial charge on any atom is -0.383 e. The van der Waals surface area contributed by atoms with Crippen LogP contribution in [-0.4, -0.2) is 46.3 Å². The number of hydrogen-bond donors (Lipinski definition) is 0. The number of methoxy groups -OCH3 is 1. The number of thioether (sulfide) groups is 1. The molecule has 1 aromatic rings. The van der Waals surface area contributed by atoms with Crippen molar-refractivity contribution in [2.75, 3.05) is 13.7 Å². The molecule has 1 aromatic heterocycles. The normalized spacial score (nSPS) is 24.1. The molecule has 1 amide bonds. The van der Waals surface area contributed by atoms with Gasteiger partial charge in [-0.2, -0.15) is 0 Å². The molecule has 0 bridgehead atoms. The fourth-order valence-electron chi connectivity index (χ4n) is 5.25. The van der Waals surface area contributed by atoms with Crippen molar-refractivity contribution in [3.05, 3.63) is 27.9 Å². The summed E-state index contributed by atoms with van der Waals surface area (Å²) >= 11 is 1.60. The molecule has 0 aromatic carbocycles. The first-order valence-corrected chi connectivity index (χ1v) is 12.9. The molecule has 0 spiro atoms. The molecule has 0 N–H and O–H groups in total. The van der Waals surface area contributed by atoms with Gasteiger partial charge in [0.2, 0.25) is 0 Å². The van der Waals surface area contributed by atoms with Crippen molar-refractivity contribution in [2.24, 2.45) is 4.99 Å². The SMILES string of the molecule is COCCn1c(C)cc(C=C2SC(=NC3CCCCC3)N(C3CCCCC3)C2=O)c1C. The van der Waals surface area contributed by atoms with E-state index in [1.807, 2.05) is 0 Å². The van der Waals surface area contributed by atoms with Gasteiger partial charge in [0, 0.05) is 31.1 Å². The standard InChI is InChI=1S/C25H37N3O2S/c1-18-16-20(19(2)27(18)14-15-30-3)17-23-24(29)28(22-12-8-5-9-13-22)25(31-23)26-21-10-6-4-7-11-21/h16-17,21-22H,4-15H2,1-3H3. The molecule has 1 saturated heterocycles. The van der Waals surface area contributed by atoms with E-state index in [0.29, 0.717) is 18.7 Å². The maximum Gasteiger partial charge on any atom is 0.267 e. The lowest BCUT2D eigenvalue weighted by Gasteiger charge is -2.31. The van der Waals surface area contributed by atoms with Crippen LogP contribution < -0.4 is 0 Å². The number of amidine groups is 1. The lowest BCUT2D eigenvalue weighted by atomic mass is 9.94. The molecule has 2 heterocycles. The van der Waals surface area contributed by atoms with Crippen LogP contribution in [-0.2, 0) is 16.1 Å². The Morgan fingerprint density at radius 3 is 2.45 bits per heavy atom. The van der Waals surface area contributed by atoms with Gasteiger partial charge in [-0.3, -0.25) is 14.7 Å². The molecule has 2 aliphatic carbocycles. The number of aliphatic imine (C=N–C) groups is 1. The van der Waals surface area contributed by atoms with E-state index >= 15 is 0 Å². The quantitative estimate of drug-likeness (QED) is 0.531. The summed E-state index contributed by atoms with van der Waals surface area (Å²) in [6.45, 7) is 5.78. The number of carbonyl (C=O) groups is 1. The molecular formula is C25H37N3O2S. The fourth-order valence-corrected chi connectivity index (χ4v) is 6.35. The van der Waals surface area contributed by atoms with Gasteiger partial charge >= 0.3 is 0 Å². The lowest BCUT2D eigenvalue weighted by molar-refractivity contribution is -0.124. The van der Waals surface area contributed by atoms with E-state index < -0.39 is 0 Å². The van der Waals surface area contributed by atoms with Crippen molar-refractivity contribution in [2.45, 2.75) is 96.7 Å². The molecule has 0 atom stereocenters. The third kappa shape index (κ3) is 5.11. The molecule has 170 valence electrons. The largest absolute Gasteiger partial charge is 0.383 e. The van der Waals surface area contributed by atoms with Crippen molar-refractivity contribution in [1.82, 2.24) is 9.47 Å². The van der Waals surface area contributed by atoms with Gasteiger partial charge in [-0.15, -0.1) is 0 Å². The highest BCUT2D eigenvalue weighted by atomic mass is 32.2. The van der Waals surface area contributed by atoms with E-state index in [4.69, 9.17) is 9.73 Å². The van der Waals surface area contributed by atoms with Crippen LogP contribution in [0.5, 0.6) is 0 Å². The van der Waals surface area contributed by atoms with Crippen LogP contribution in [0, 0.1) is 13.8 Å². The summed E-state index contributed by atoms with van der Waals surface area (Å²) in [5, 5.41) is 0.961. The summed E-state index contributed by atoms with van der Waals surface area (Å²) in [5.74, 6) is 0.160. The van der Waals surface area contributed by atoms with E-state index in [-0.39, 0.29) is 5.91 Å². The van der Waals surface area contributed by atoms with E-state index in [9.17, 15) is 4.79 Å². The molecule has 31 heavy (non-hydrogen) atoms. The predicted octanol–water partition coefficient (Wildman–Crippen LogP) is 5.69. The second-order valence-corrected chi connectivity index (χ2v) is 10.3. The summed E-state index contributed by atoms with van der Waals surface area (Å²) in [6, 6.07) is 2.89. The van der Waals surface area contributed by atoms with E-state index in [2.05, 4.69) is 35.5 Å². The van der Waals surface area contributed by atoms with E-state index in [1.165, 1.54) is 49.9 Å². The predicted molar refractivity (Wildman–Crippen MR) is 129 cm³/mol. The Bertz CT molecular complexity index is 845. The van der Waals surface area contributed by atoms with E-state index in [0.717, 1.165) is 47.9 Å². The summed E-state index contributed by atoms with van der Waals surface area (Å²) in [7, 11) is 1.73. The van der Waals surface area contributed by atoms with Gasteiger partial charge in [-0.25, -0.2) is 0 Å². The minimum atomic E-state index is 0.160. The number of amides is 1. The number of ether oxygens (including phenoxy) is 1. The summed E-state index contributed by atoms with van der Waals surface area (Å²) in [4.78, 5) is 21.6. The number of carbonyl (C=O) groups excluding carboxylic acids is 1. The van der Waals surface area contributed by atoms with Crippen molar-refractivity contribution in [1.29, 1.82) is 0 Å². The van der Waals surface area contributed by atoms with Crippen LogP contribution in [0.15, 0.2) is 16.0 Å². The molecule has 6 heteroatoms. The molecule has 1 aliphatic heterocycles. The minimum absolute atomic E-state index is 0.160. The molecule has 3 fully saturated rings. The van der Waals surface area contributed by atoms with E-state index in [1.54, 1.807) is 18.9 Å².